The number of carbonyl (C=O) groups is 2. The van der Waals surface area contributed by atoms with Gasteiger partial charge in [-0.25, -0.2) is 9.59 Å². The Bertz CT molecular complexity index is 1340. The van der Waals surface area contributed by atoms with Gasteiger partial charge in [0.2, 0.25) is 11.8 Å². The third-order valence-electron chi connectivity index (χ3n) is 4.71. The number of nitrogens with zero attached hydrogens (tertiary/aromatic N) is 2. The van der Waals surface area contributed by atoms with Crippen LogP contribution in [0.15, 0.2) is 60.7 Å². The molecular formula is C25H17Cl3N2O6. The maximum Gasteiger partial charge on any atom is 0.350 e. The third kappa shape index (κ3) is 6.34. The highest BCUT2D eigenvalue weighted by atomic mass is 35.5. The lowest BCUT2D eigenvalue weighted by Crippen LogP contribution is -2.20. The summed E-state index contributed by atoms with van der Waals surface area (Å²) in [7, 11) is 0. The normalized spacial score (nSPS) is 10.7. The first-order chi connectivity index (χ1) is 17.3. The van der Waals surface area contributed by atoms with Gasteiger partial charge in [0.1, 0.15) is 11.5 Å². The van der Waals surface area contributed by atoms with Crippen molar-refractivity contribution in [1.29, 1.82) is 0 Å². The Morgan fingerprint density at radius 2 is 1.22 bits per heavy atom. The van der Waals surface area contributed by atoms with Crippen molar-refractivity contribution in [2.45, 2.75) is 6.92 Å². The van der Waals surface area contributed by atoms with E-state index in [2.05, 4.69) is 10.2 Å². The molecule has 0 fully saturated rings. The molecule has 184 valence electrons. The van der Waals surface area contributed by atoms with Crippen molar-refractivity contribution < 1.29 is 28.5 Å². The van der Waals surface area contributed by atoms with Crippen LogP contribution in [0.3, 0.4) is 0 Å². The average molecular weight is 548 g/mol. The molecule has 0 saturated carbocycles. The summed E-state index contributed by atoms with van der Waals surface area (Å²) in [5, 5.41) is 9.65. The van der Waals surface area contributed by atoms with Gasteiger partial charge in [-0.05, 0) is 55.0 Å². The highest BCUT2D eigenvalue weighted by molar-refractivity contribution is 6.35. The van der Waals surface area contributed by atoms with Crippen molar-refractivity contribution in [2.75, 3.05) is 13.2 Å². The zero-order valence-electron chi connectivity index (χ0n) is 18.7. The van der Waals surface area contributed by atoms with E-state index in [0.717, 1.165) is 5.56 Å². The molecule has 4 rings (SSSR count). The summed E-state index contributed by atoms with van der Waals surface area (Å²) in [6.07, 6.45) is 0. The Morgan fingerprint density at radius 1 is 0.722 bits per heavy atom. The summed E-state index contributed by atoms with van der Waals surface area (Å²) < 4.78 is 21.5. The molecule has 0 spiro atoms. The predicted octanol–water partition coefficient (Wildman–Crippen LogP) is 5.87. The van der Waals surface area contributed by atoms with Gasteiger partial charge in [0.25, 0.3) is 0 Å². The Morgan fingerprint density at radius 3 is 1.72 bits per heavy atom. The summed E-state index contributed by atoms with van der Waals surface area (Å²) in [4.78, 5) is 24.7. The Kier molecular flexibility index (Phi) is 8.10. The predicted molar refractivity (Wildman–Crippen MR) is 134 cm³/mol. The molecule has 0 amide bonds. The minimum Gasteiger partial charge on any atom is -0.480 e. The highest BCUT2D eigenvalue weighted by Gasteiger charge is 2.18. The maximum absolute atomic E-state index is 12.4. The molecule has 1 aromatic heterocycles. The number of rotatable bonds is 8. The molecular weight excluding hydrogens is 531 g/mol. The summed E-state index contributed by atoms with van der Waals surface area (Å²) in [6.45, 7) is 1.05. The quantitative estimate of drug-likeness (QED) is 0.253. The van der Waals surface area contributed by atoms with E-state index in [0.29, 0.717) is 26.6 Å². The third-order valence-corrected chi connectivity index (χ3v) is 5.54. The minimum atomic E-state index is -0.742. The molecule has 8 nitrogen and oxygen atoms in total. The van der Waals surface area contributed by atoms with Crippen molar-refractivity contribution >= 4 is 57.5 Å². The van der Waals surface area contributed by atoms with Crippen LogP contribution in [0.5, 0.6) is 23.3 Å². The highest BCUT2D eigenvalue weighted by Crippen LogP contribution is 2.30. The molecule has 0 unspecified atom stereocenters. The number of hydrogen-bond donors (Lipinski definition) is 0. The number of esters is 2. The van der Waals surface area contributed by atoms with Gasteiger partial charge in [-0.3, -0.25) is 0 Å². The number of halogens is 3. The molecule has 1 heterocycles. The van der Waals surface area contributed by atoms with Crippen LogP contribution in [0.1, 0.15) is 5.56 Å². The molecule has 3 aromatic carbocycles. The summed E-state index contributed by atoms with van der Waals surface area (Å²) in [5.41, 5.74) is 0.956. The zero-order valence-corrected chi connectivity index (χ0v) is 20.9. The molecule has 0 radical (unpaired) electrons. The van der Waals surface area contributed by atoms with Crippen LogP contribution in [0.4, 0.5) is 0 Å². The Hall–Kier alpha value is -3.59. The molecule has 0 N–H and O–H groups in total. The van der Waals surface area contributed by atoms with Crippen molar-refractivity contribution in [3.63, 3.8) is 0 Å². The van der Waals surface area contributed by atoms with Gasteiger partial charge in [0, 0.05) is 5.02 Å². The first kappa shape index (κ1) is 25.5. The Labute approximate surface area is 220 Å². The topological polar surface area (TPSA) is 96.8 Å². The lowest BCUT2D eigenvalue weighted by molar-refractivity contribution is -0.138. The largest absolute Gasteiger partial charge is 0.480 e. The lowest BCUT2D eigenvalue weighted by atomic mass is 10.2. The number of hydrogen-bond acceptors (Lipinski definition) is 8. The van der Waals surface area contributed by atoms with E-state index in [1.807, 2.05) is 6.92 Å². The van der Waals surface area contributed by atoms with E-state index in [1.54, 1.807) is 48.5 Å². The van der Waals surface area contributed by atoms with Crippen LogP contribution in [-0.4, -0.2) is 35.3 Å². The van der Waals surface area contributed by atoms with Crippen LogP contribution in [-0.2, 0) is 9.59 Å². The van der Waals surface area contributed by atoms with E-state index in [9.17, 15) is 9.59 Å². The molecule has 0 aliphatic carbocycles. The molecule has 0 atom stereocenters. The average Bonchev–Trinajstić information content (AvgIpc) is 2.84. The van der Waals surface area contributed by atoms with E-state index < -0.39 is 25.2 Å². The van der Waals surface area contributed by atoms with Crippen LogP contribution in [0, 0.1) is 6.92 Å². The fraction of sp³-hybridized carbons (Fsp3) is 0.120. The number of aryl methyl sites for hydroxylation is 1. The standard InChI is InChI=1S/C25H17Cl3N2O6/c1-14-6-8-20(18(27)10-14)33-12-22(31)35-24-16-4-2-3-5-17(16)25(30-29-24)36-23(32)13-34-21-9-7-15(26)11-19(21)28/h2-11H,12-13H2,1H3. The lowest BCUT2D eigenvalue weighted by Gasteiger charge is -2.11. The number of benzene rings is 3. The van der Waals surface area contributed by atoms with Crippen LogP contribution >= 0.6 is 34.8 Å². The van der Waals surface area contributed by atoms with Crippen LogP contribution in [0.25, 0.3) is 10.8 Å². The number of aromatic nitrogens is 2. The van der Waals surface area contributed by atoms with E-state index in [-0.39, 0.29) is 22.5 Å². The minimum absolute atomic E-state index is 0.0711. The molecule has 0 bridgehead atoms. The van der Waals surface area contributed by atoms with E-state index in [4.69, 9.17) is 53.8 Å². The molecule has 0 saturated heterocycles. The van der Waals surface area contributed by atoms with Gasteiger partial charge in [-0.2, -0.15) is 0 Å². The Balaban J connectivity index is 1.42. The molecule has 36 heavy (non-hydrogen) atoms. The fourth-order valence-corrected chi connectivity index (χ4v) is 3.82. The van der Waals surface area contributed by atoms with Gasteiger partial charge < -0.3 is 18.9 Å². The van der Waals surface area contributed by atoms with E-state index in [1.165, 1.54) is 12.1 Å². The van der Waals surface area contributed by atoms with Crippen LogP contribution < -0.4 is 18.9 Å². The number of carbonyl (C=O) groups excluding carboxylic acids is 2. The SMILES string of the molecule is Cc1ccc(OCC(=O)Oc2nnc(OC(=O)COc3ccc(Cl)cc3Cl)c3ccccc23)c(Cl)c1. The number of ether oxygens (including phenoxy) is 4. The van der Waals surface area contributed by atoms with Crippen molar-refractivity contribution in [3.8, 4) is 23.3 Å². The molecule has 11 heteroatoms. The van der Waals surface area contributed by atoms with Gasteiger partial charge in [0.05, 0.1) is 20.8 Å². The monoisotopic (exact) mass is 546 g/mol. The zero-order chi connectivity index (χ0) is 25.7. The molecule has 4 aromatic rings. The maximum atomic E-state index is 12.4. The van der Waals surface area contributed by atoms with Crippen molar-refractivity contribution in [1.82, 2.24) is 10.2 Å². The van der Waals surface area contributed by atoms with Crippen molar-refractivity contribution in [2.24, 2.45) is 0 Å². The molecule has 0 aliphatic rings. The van der Waals surface area contributed by atoms with Crippen molar-refractivity contribution in [3.05, 3.63) is 81.3 Å². The fourth-order valence-electron chi connectivity index (χ4n) is 3.07. The number of fused-ring (bicyclic) bond motifs is 1. The summed E-state index contributed by atoms with van der Waals surface area (Å²) in [6, 6.07) is 16.5. The molecule has 0 aliphatic heterocycles. The first-order valence-corrected chi connectivity index (χ1v) is 11.6. The van der Waals surface area contributed by atoms with Gasteiger partial charge >= 0.3 is 11.9 Å². The summed E-state index contributed by atoms with van der Waals surface area (Å²) in [5.74, 6) is -0.996. The smallest absolute Gasteiger partial charge is 0.350 e. The van der Waals surface area contributed by atoms with Gasteiger partial charge in [-0.1, -0.05) is 53.0 Å². The second-order valence-electron chi connectivity index (χ2n) is 7.39. The van der Waals surface area contributed by atoms with E-state index >= 15 is 0 Å². The van der Waals surface area contributed by atoms with Gasteiger partial charge in [0.15, 0.2) is 13.2 Å². The van der Waals surface area contributed by atoms with Crippen LogP contribution in [0.2, 0.25) is 15.1 Å². The second kappa shape index (κ2) is 11.4. The first-order valence-electron chi connectivity index (χ1n) is 10.4. The summed E-state index contributed by atoms with van der Waals surface area (Å²) >= 11 is 18.0. The second-order valence-corrected chi connectivity index (χ2v) is 8.64. The van der Waals surface area contributed by atoms with Gasteiger partial charge in [-0.15, -0.1) is 10.2 Å².